The first-order valence-electron chi connectivity index (χ1n) is 5.92. The Kier molecular flexibility index (Phi) is 17.0. The van der Waals surface area contributed by atoms with Crippen LogP contribution in [0.5, 0.6) is 0 Å². The van der Waals surface area contributed by atoms with Gasteiger partial charge in [0.1, 0.15) is 5.76 Å². The Morgan fingerprint density at radius 1 is 1.20 bits per heavy atom. The molecule has 0 saturated carbocycles. The van der Waals surface area contributed by atoms with Gasteiger partial charge in [-0.25, -0.2) is 0 Å². The summed E-state index contributed by atoms with van der Waals surface area (Å²) >= 11 is 0. The van der Waals surface area contributed by atoms with E-state index in [4.69, 9.17) is 4.74 Å². The van der Waals surface area contributed by atoms with E-state index in [-0.39, 0.29) is 0 Å². The molecule has 0 aromatic heterocycles. The fourth-order valence-electron chi connectivity index (χ4n) is 0.956. The number of hydrogen-bond donors (Lipinski definition) is 0. The largest absolute Gasteiger partial charge is 0.494 e. The van der Waals surface area contributed by atoms with E-state index in [1.165, 1.54) is 19.3 Å². The van der Waals surface area contributed by atoms with Crippen LogP contribution in [0, 0.1) is 0 Å². The highest BCUT2D eigenvalue weighted by molar-refractivity contribution is 5.12. The summed E-state index contributed by atoms with van der Waals surface area (Å²) in [4.78, 5) is 0. The zero-order valence-corrected chi connectivity index (χ0v) is 10.6. The molecule has 0 heterocycles. The number of hydrogen-bond acceptors (Lipinski definition) is 1. The lowest BCUT2D eigenvalue weighted by Gasteiger charge is -2.04. The summed E-state index contributed by atoms with van der Waals surface area (Å²) < 4.78 is 5.36. The van der Waals surface area contributed by atoms with Crippen LogP contribution in [0.3, 0.4) is 0 Å². The fraction of sp³-hybridized carbons (Fsp3) is 0.571. The zero-order valence-electron chi connectivity index (χ0n) is 10.6. The van der Waals surface area contributed by atoms with Crippen molar-refractivity contribution in [3.05, 3.63) is 37.1 Å². The van der Waals surface area contributed by atoms with Crippen LogP contribution in [0.15, 0.2) is 37.1 Å². The second-order valence-electron chi connectivity index (χ2n) is 2.97. The molecule has 0 aromatic rings. The Labute approximate surface area is 95.5 Å². The van der Waals surface area contributed by atoms with E-state index in [1.54, 1.807) is 6.08 Å². The minimum atomic E-state index is 0.719. The topological polar surface area (TPSA) is 9.23 Å². The number of allylic oxidation sites excluding steroid dienone is 3. The van der Waals surface area contributed by atoms with E-state index in [0.29, 0.717) is 0 Å². The third kappa shape index (κ3) is 15.7. The third-order valence-electron chi connectivity index (χ3n) is 1.70. The molecular weight excluding hydrogens is 184 g/mol. The maximum absolute atomic E-state index is 5.36. The minimum absolute atomic E-state index is 0.719. The molecule has 0 N–H and O–H groups in total. The summed E-state index contributed by atoms with van der Waals surface area (Å²) in [5.74, 6) is 0.719. The van der Waals surface area contributed by atoms with Crippen molar-refractivity contribution in [1.29, 1.82) is 0 Å². The van der Waals surface area contributed by atoms with Gasteiger partial charge in [0.25, 0.3) is 0 Å². The van der Waals surface area contributed by atoms with E-state index < -0.39 is 0 Å². The maximum atomic E-state index is 5.36. The molecule has 0 aliphatic heterocycles. The average Bonchev–Trinajstić information content (AvgIpc) is 2.29. The molecule has 0 saturated heterocycles. The van der Waals surface area contributed by atoms with Crippen molar-refractivity contribution >= 4 is 0 Å². The Bertz CT molecular complexity index is 168. The van der Waals surface area contributed by atoms with Gasteiger partial charge in [-0.1, -0.05) is 65.3 Å². The van der Waals surface area contributed by atoms with Gasteiger partial charge in [0.15, 0.2) is 0 Å². The molecule has 0 rings (SSSR count). The number of unbranched alkanes of at least 4 members (excludes halogenated alkanes) is 3. The fourth-order valence-corrected chi connectivity index (χ4v) is 0.956. The van der Waals surface area contributed by atoms with Crippen molar-refractivity contribution in [3.63, 3.8) is 0 Å². The Balaban J connectivity index is 0. The molecule has 1 heteroatoms. The molecular formula is C14H26O. The molecule has 0 aliphatic carbocycles. The van der Waals surface area contributed by atoms with Crippen molar-refractivity contribution in [2.45, 2.75) is 46.5 Å². The SMILES string of the molecule is C=C/C=C\C(=C)OCCCCCC.CC. The van der Waals surface area contributed by atoms with Gasteiger partial charge in [0.05, 0.1) is 6.61 Å². The van der Waals surface area contributed by atoms with E-state index in [0.717, 1.165) is 18.8 Å². The van der Waals surface area contributed by atoms with Gasteiger partial charge in [-0.05, 0) is 12.5 Å². The van der Waals surface area contributed by atoms with E-state index >= 15 is 0 Å². The molecule has 88 valence electrons. The highest BCUT2D eigenvalue weighted by Crippen LogP contribution is 2.02. The Hall–Kier alpha value is -0.980. The quantitative estimate of drug-likeness (QED) is 0.315. The standard InChI is InChI=1S/C12H20O.C2H6/c1-4-6-8-9-11-13-12(3)10-7-5-2;1-2/h5,7,10H,2-4,6,8-9,11H2,1H3;1-2H3/b10-7-;. The van der Waals surface area contributed by atoms with Crippen LogP contribution in [0.2, 0.25) is 0 Å². The summed E-state index contributed by atoms with van der Waals surface area (Å²) in [7, 11) is 0. The highest BCUT2D eigenvalue weighted by Gasteiger charge is 1.89. The van der Waals surface area contributed by atoms with Crippen molar-refractivity contribution in [2.24, 2.45) is 0 Å². The summed E-state index contributed by atoms with van der Waals surface area (Å²) in [6, 6.07) is 0. The predicted molar refractivity (Wildman–Crippen MR) is 69.9 cm³/mol. The van der Waals surface area contributed by atoms with Crippen LogP contribution in [0.25, 0.3) is 0 Å². The van der Waals surface area contributed by atoms with E-state index in [1.807, 2.05) is 26.0 Å². The van der Waals surface area contributed by atoms with Gasteiger partial charge < -0.3 is 4.74 Å². The molecule has 0 fully saturated rings. The molecule has 1 nitrogen and oxygen atoms in total. The summed E-state index contributed by atoms with van der Waals surface area (Å²) in [5.41, 5.74) is 0. The first kappa shape index (κ1) is 16.4. The monoisotopic (exact) mass is 210 g/mol. The van der Waals surface area contributed by atoms with Crippen molar-refractivity contribution in [1.82, 2.24) is 0 Å². The van der Waals surface area contributed by atoms with Gasteiger partial charge in [-0.3, -0.25) is 0 Å². The van der Waals surface area contributed by atoms with Crippen molar-refractivity contribution in [3.8, 4) is 0 Å². The van der Waals surface area contributed by atoms with Crippen molar-refractivity contribution in [2.75, 3.05) is 6.61 Å². The lowest BCUT2D eigenvalue weighted by Crippen LogP contribution is -1.91. The molecule has 0 unspecified atom stereocenters. The van der Waals surface area contributed by atoms with Gasteiger partial charge in [0, 0.05) is 0 Å². The lowest BCUT2D eigenvalue weighted by atomic mass is 10.2. The first-order chi connectivity index (χ1) is 7.31. The predicted octanol–water partition coefficient (Wildman–Crippen LogP) is 4.87. The number of rotatable bonds is 8. The molecule has 0 atom stereocenters. The van der Waals surface area contributed by atoms with Crippen LogP contribution < -0.4 is 0 Å². The Morgan fingerprint density at radius 2 is 1.87 bits per heavy atom. The van der Waals surface area contributed by atoms with Gasteiger partial charge in [0.2, 0.25) is 0 Å². The molecule has 15 heavy (non-hydrogen) atoms. The zero-order chi connectivity index (χ0) is 11.9. The summed E-state index contributed by atoms with van der Waals surface area (Å²) in [6.45, 7) is 14.3. The smallest absolute Gasteiger partial charge is 0.112 e. The third-order valence-corrected chi connectivity index (χ3v) is 1.70. The molecule has 0 amide bonds. The van der Waals surface area contributed by atoms with Gasteiger partial charge >= 0.3 is 0 Å². The first-order valence-corrected chi connectivity index (χ1v) is 5.92. The van der Waals surface area contributed by atoms with Crippen LogP contribution in [-0.2, 0) is 4.74 Å². The Morgan fingerprint density at radius 3 is 2.40 bits per heavy atom. The van der Waals surface area contributed by atoms with Crippen LogP contribution >= 0.6 is 0 Å². The normalized spacial score (nSPS) is 9.27. The van der Waals surface area contributed by atoms with E-state index in [2.05, 4.69) is 20.1 Å². The second-order valence-corrected chi connectivity index (χ2v) is 2.97. The van der Waals surface area contributed by atoms with Crippen LogP contribution in [0.4, 0.5) is 0 Å². The minimum Gasteiger partial charge on any atom is -0.494 e. The molecule has 0 bridgehead atoms. The summed E-state index contributed by atoms with van der Waals surface area (Å²) in [5, 5.41) is 0. The van der Waals surface area contributed by atoms with Gasteiger partial charge in [-0.15, -0.1) is 0 Å². The van der Waals surface area contributed by atoms with Gasteiger partial charge in [-0.2, -0.15) is 0 Å². The molecule has 0 aliphatic rings. The van der Waals surface area contributed by atoms with Crippen LogP contribution in [-0.4, -0.2) is 6.61 Å². The second kappa shape index (κ2) is 15.5. The number of ether oxygens (including phenoxy) is 1. The molecule has 0 spiro atoms. The maximum Gasteiger partial charge on any atom is 0.112 e. The molecule has 0 radical (unpaired) electrons. The van der Waals surface area contributed by atoms with E-state index in [9.17, 15) is 0 Å². The average molecular weight is 210 g/mol. The molecule has 0 aromatic carbocycles. The van der Waals surface area contributed by atoms with Crippen LogP contribution in [0.1, 0.15) is 46.5 Å². The lowest BCUT2D eigenvalue weighted by molar-refractivity contribution is 0.218. The highest BCUT2D eigenvalue weighted by atomic mass is 16.5. The van der Waals surface area contributed by atoms with Crippen molar-refractivity contribution < 1.29 is 4.74 Å². The summed E-state index contributed by atoms with van der Waals surface area (Å²) in [6.07, 6.45) is 10.3.